The van der Waals surface area contributed by atoms with Crippen molar-refractivity contribution in [3.05, 3.63) is 47.5 Å². The first-order valence-electron chi connectivity index (χ1n) is 5.67. The van der Waals surface area contributed by atoms with E-state index in [9.17, 15) is 14.0 Å². The van der Waals surface area contributed by atoms with Gasteiger partial charge < -0.3 is 9.15 Å². The van der Waals surface area contributed by atoms with Crippen LogP contribution in [0.15, 0.2) is 34.7 Å². The molecule has 0 aliphatic heterocycles. The average Bonchev–Trinajstić information content (AvgIpc) is 2.87. The molecular weight excluding hydrogens is 251 g/mol. The van der Waals surface area contributed by atoms with E-state index in [0.29, 0.717) is 17.6 Å². The Morgan fingerprint density at radius 2 is 2.16 bits per heavy atom. The zero-order valence-corrected chi connectivity index (χ0v) is 10.2. The Morgan fingerprint density at radius 1 is 1.37 bits per heavy atom. The van der Waals surface area contributed by atoms with Crippen LogP contribution < -0.4 is 0 Å². The quantitative estimate of drug-likeness (QED) is 0.627. The van der Waals surface area contributed by atoms with E-state index in [4.69, 9.17) is 9.15 Å². The third kappa shape index (κ3) is 2.88. The third-order valence-corrected chi connectivity index (χ3v) is 2.44. The van der Waals surface area contributed by atoms with E-state index in [1.807, 2.05) is 0 Å². The zero-order chi connectivity index (χ0) is 13.8. The Morgan fingerprint density at radius 3 is 2.79 bits per heavy atom. The van der Waals surface area contributed by atoms with Gasteiger partial charge in [0.2, 0.25) is 0 Å². The zero-order valence-electron chi connectivity index (χ0n) is 10.2. The molecule has 0 spiro atoms. The minimum atomic E-state index is -0.606. The number of carbonyl (C=O) groups excluding carboxylic acids is 2. The monoisotopic (exact) mass is 262 g/mol. The number of rotatable bonds is 4. The molecule has 4 nitrogen and oxygen atoms in total. The molecule has 0 saturated heterocycles. The normalized spacial score (nSPS) is 10.2. The predicted octanol–water partition coefficient (Wildman–Crippen LogP) is 3.07. The highest BCUT2D eigenvalue weighted by molar-refractivity contribution is 5.91. The Bertz CT molecular complexity index is 616. The molecule has 0 aliphatic carbocycles. The van der Waals surface area contributed by atoms with Crippen LogP contribution in [0.1, 0.15) is 27.8 Å². The van der Waals surface area contributed by atoms with Gasteiger partial charge in [-0.05, 0) is 37.3 Å². The molecule has 2 rings (SSSR count). The molecule has 0 fully saturated rings. The second kappa shape index (κ2) is 5.48. The first-order valence-corrected chi connectivity index (χ1v) is 5.67. The smallest absolute Gasteiger partial charge is 0.338 e. The summed E-state index contributed by atoms with van der Waals surface area (Å²) in [5, 5.41) is 0. The Balaban J connectivity index is 2.41. The van der Waals surface area contributed by atoms with Gasteiger partial charge in [-0.2, -0.15) is 0 Å². The summed E-state index contributed by atoms with van der Waals surface area (Å²) in [7, 11) is 0. The van der Waals surface area contributed by atoms with Crippen molar-refractivity contribution in [2.24, 2.45) is 0 Å². The lowest BCUT2D eigenvalue weighted by Gasteiger charge is -2.04. The minimum Gasteiger partial charge on any atom is -0.462 e. The molecule has 19 heavy (non-hydrogen) atoms. The highest BCUT2D eigenvalue weighted by atomic mass is 19.1. The van der Waals surface area contributed by atoms with Gasteiger partial charge in [-0.25, -0.2) is 9.18 Å². The largest absolute Gasteiger partial charge is 0.462 e. The van der Waals surface area contributed by atoms with Gasteiger partial charge in [0.15, 0.2) is 12.0 Å². The lowest BCUT2D eigenvalue weighted by atomic mass is 10.1. The second-order valence-corrected chi connectivity index (χ2v) is 3.77. The number of aldehydes is 1. The number of ether oxygens (including phenoxy) is 1. The topological polar surface area (TPSA) is 56.5 Å². The number of hydrogen-bond donors (Lipinski definition) is 0. The molecule has 0 atom stereocenters. The molecule has 0 saturated carbocycles. The molecule has 0 radical (unpaired) electrons. The molecule has 0 amide bonds. The summed E-state index contributed by atoms with van der Waals surface area (Å²) in [6, 6.07) is 6.76. The van der Waals surface area contributed by atoms with E-state index in [0.717, 1.165) is 6.07 Å². The molecule has 5 heteroatoms. The maximum atomic E-state index is 13.5. The molecule has 98 valence electrons. The molecule has 1 heterocycles. The van der Waals surface area contributed by atoms with Crippen LogP contribution >= 0.6 is 0 Å². The standard InChI is InChI=1S/C14H11FO4/c1-2-18-14(17)10-5-9(6-11(15)7-10)13-4-3-12(8-16)19-13/h3-8H,2H2,1H3. The lowest BCUT2D eigenvalue weighted by molar-refractivity contribution is 0.0525. The molecule has 1 aromatic heterocycles. The molecular formula is C14H11FO4. The van der Waals surface area contributed by atoms with Crippen molar-refractivity contribution in [1.29, 1.82) is 0 Å². The molecule has 0 bridgehead atoms. The molecule has 2 aromatic rings. The van der Waals surface area contributed by atoms with Crippen LogP contribution in [0.2, 0.25) is 0 Å². The van der Waals surface area contributed by atoms with Crippen LogP contribution in [-0.2, 0) is 4.74 Å². The van der Waals surface area contributed by atoms with Crippen LogP contribution in [0.5, 0.6) is 0 Å². The first kappa shape index (κ1) is 13.0. The maximum absolute atomic E-state index is 13.5. The van der Waals surface area contributed by atoms with Gasteiger partial charge >= 0.3 is 5.97 Å². The third-order valence-electron chi connectivity index (χ3n) is 2.44. The Labute approximate surface area is 108 Å². The summed E-state index contributed by atoms with van der Waals surface area (Å²) in [6.45, 7) is 1.88. The Hall–Kier alpha value is -2.43. The van der Waals surface area contributed by atoms with E-state index in [1.165, 1.54) is 24.3 Å². The second-order valence-electron chi connectivity index (χ2n) is 3.77. The molecule has 0 unspecified atom stereocenters. The van der Waals surface area contributed by atoms with E-state index < -0.39 is 11.8 Å². The number of carbonyl (C=O) groups is 2. The fraction of sp³-hybridized carbons (Fsp3) is 0.143. The first-order chi connectivity index (χ1) is 9.13. The number of hydrogen-bond acceptors (Lipinski definition) is 4. The van der Waals surface area contributed by atoms with Gasteiger partial charge in [-0.1, -0.05) is 0 Å². The number of esters is 1. The van der Waals surface area contributed by atoms with Crippen molar-refractivity contribution >= 4 is 12.3 Å². The summed E-state index contributed by atoms with van der Waals surface area (Å²) >= 11 is 0. The van der Waals surface area contributed by atoms with Gasteiger partial charge in [-0.15, -0.1) is 0 Å². The predicted molar refractivity (Wildman–Crippen MR) is 65.4 cm³/mol. The summed E-state index contributed by atoms with van der Waals surface area (Å²) in [5.74, 6) is -0.737. The summed E-state index contributed by atoms with van der Waals surface area (Å²) in [6.07, 6.45) is 0.551. The SMILES string of the molecule is CCOC(=O)c1cc(F)cc(-c2ccc(C=O)o2)c1. The lowest BCUT2D eigenvalue weighted by Crippen LogP contribution is -2.05. The van der Waals surface area contributed by atoms with Crippen LogP contribution in [0.3, 0.4) is 0 Å². The molecule has 1 aromatic carbocycles. The van der Waals surface area contributed by atoms with Crippen molar-refractivity contribution < 1.29 is 23.1 Å². The highest BCUT2D eigenvalue weighted by Gasteiger charge is 2.12. The van der Waals surface area contributed by atoms with Gasteiger partial charge in [0.25, 0.3) is 0 Å². The number of furan rings is 1. The maximum Gasteiger partial charge on any atom is 0.338 e. The summed E-state index contributed by atoms with van der Waals surface area (Å²) < 4.78 is 23.5. The van der Waals surface area contributed by atoms with Gasteiger partial charge in [0.05, 0.1) is 12.2 Å². The average molecular weight is 262 g/mol. The van der Waals surface area contributed by atoms with Gasteiger partial charge in [-0.3, -0.25) is 4.79 Å². The van der Waals surface area contributed by atoms with E-state index in [-0.39, 0.29) is 17.9 Å². The number of benzene rings is 1. The van der Waals surface area contributed by atoms with Crippen LogP contribution in [0.25, 0.3) is 11.3 Å². The number of halogens is 1. The van der Waals surface area contributed by atoms with Gasteiger partial charge in [0.1, 0.15) is 11.6 Å². The van der Waals surface area contributed by atoms with Crippen molar-refractivity contribution in [2.75, 3.05) is 6.61 Å². The van der Waals surface area contributed by atoms with Crippen molar-refractivity contribution in [3.8, 4) is 11.3 Å². The summed E-state index contributed by atoms with van der Waals surface area (Å²) in [5.41, 5.74) is 0.469. The van der Waals surface area contributed by atoms with E-state index in [2.05, 4.69) is 0 Å². The van der Waals surface area contributed by atoms with Crippen molar-refractivity contribution in [2.45, 2.75) is 6.92 Å². The van der Waals surface area contributed by atoms with E-state index >= 15 is 0 Å². The molecule has 0 N–H and O–H groups in total. The van der Waals surface area contributed by atoms with Crippen LogP contribution in [-0.4, -0.2) is 18.9 Å². The molecule has 0 aliphatic rings. The van der Waals surface area contributed by atoms with Crippen molar-refractivity contribution in [1.82, 2.24) is 0 Å². The van der Waals surface area contributed by atoms with Crippen molar-refractivity contribution in [3.63, 3.8) is 0 Å². The highest BCUT2D eigenvalue weighted by Crippen LogP contribution is 2.24. The Kier molecular flexibility index (Phi) is 3.75. The fourth-order valence-electron chi connectivity index (χ4n) is 1.64. The summed E-state index contributed by atoms with van der Waals surface area (Å²) in [4.78, 5) is 22.1. The van der Waals surface area contributed by atoms with Crippen LogP contribution in [0, 0.1) is 5.82 Å². The van der Waals surface area contributed by atoms with Gasteiger partial charge in [0, 0.05) is 5.56 Å². The fourth-order valence-corrected chi connectivity index (χ4v) is 1.64. The van der Waals surface area contributed by atoms with Crippen LogP contribution in [0.4, 0.5) is 4.39 Å². The van der Waals surface area contributed by atoms with E-state index in [1.54, 1.807) is 6.92 Å². The minimum absolute atomic E-state index is 0.0981.